The van der Waals surface area contributed by atoms with Gasteiger partial charge in [0.2, 0.25) is 0 Å². The molecule has 0 aliphatic rings. The van der Waals surface area contributed by atoms with Gasteiger partial charge in [-0.3, -0.25) is 0 Å². The molecule has 76 valence electrons. The molecule has 0 amide bonds. The number of anilines is 1. The van der Waals surface area contributed by atoms with E-state index in [0.29, 0.717) is 5.56 Å². The number of hydrogen-bond acceptors (Lipinski definition) is 1. The Morgan fingerprint density at radius 2 is 2.07 bits per heavy atom. The fourth-order valence-corrected chi connectivity index (χ4v) is 1.47. The molecule has 0 bridgehead atoms. The Labute approximate surface area is 84.9 Å². The molecule has 0 saturated heterocycles. The lowest BCUT2D eigenvalue weighted by atomic mass is 10.1. The van der Waals surface area contributed by atoms with Crippen molar-refractivity contribution in [2.24, 2.45) is 0 Å². The zero-order valence-electron chi connectivity index (χ0n) is 8.97. The van der Waals surface area contributed by atoms with Gasteiger partial charge in [0.05, 0.1) is 0 Å². The minimum atomic E-state index is -0.151. The number of nitrogens with zero attached hydrogens (tertiary/aromatic N) is 1. The van der Waals surface area contributed by atoms with Crippen LogP contribution in [-0.4, -0.2) is 14.1 Å². The summed E-state index contributed by atoms with van der Waals surface area (Å²) >= 11 is 0. The summed E-state index contributed by atoms with van der Waals surface area (Å²) in [6.07, 6.45) is 2.61. The molecule has 1 nitrogen and oxygen atoms in total. The summed E-state index contributed by atoms with van der Waals surface area (Å²) < 4.78 is 13.3. The van der Waals surface area contributed by atoms with Gasteiger partial charge in [0.25, 0.3) is 0 Å². The van der Waals surface area contributed by atoms with Crippen LogP contribution < -0.4 is 4.90 Å². The summed E-state index contributed by atoms with van der Waals surface area (Å²) in [6.45, 7) is 5.48. The first kappa shape index (κ1) is 10.8. The van der Waals surface area contributed by atoms with Crippen LogP contribution in [-0.2, 0) is 6.42 Å². The van der Waals surface area contributed by atoms with Crippen molar-refractivity contribution in [1.82, 2.24) is 0 Å². The van der Waals surface area contributed by atoms with Gasteiger partial charge in [-0.25, -0.2) is 4.39 Å². The van der Waals surface area contributed by atoms with E-state index in [1.165, 1.54) is 0 Å². The van der Waals surface area contributed by atoms with Crippen molar-refractivity contribution in [1.29, 1.82) is 0 Å². The molecular weight excluding hydrogens is 177 g/mol. The van der Waals surface area contributed by atoms with Crippen LogP contribution in [0.4, 0.5) is 10.1 Å². The van der Waals surface area contributed by atoms with Gasteiger partial charge in [-0.05, 0) is 30.5 Å². The van der Waals surface area contributed by atoms with Crippen LogP contribution >= 0.6 is 0 Å². The number of benzene rings is 1. The first-order chi connectivity index (χ1) is 6.56. The molecule has 1 rings (SSSR count). The quantitative estimate of drug-likeness (QED) is 0.667. The number of rotatable bonds is 3. The first-order valence-electron chi connectivity index (χ1n) is 4.63. The Morgan fingerprint density at radius 1 is 1.43 bits per heavy atom. The molecule has 0 aromatic heterocycles. The molecule has 1 aromatic carbocycles. The summed E-state index contributed by atoms with van der Waals surface area (Å²) in [6, 6.07) is 3.46. The molecule has 0 radical (unpaired) electrons. The van der Waals surface area contributed by atoms with Crippen LogP contribution in [0.2, 0.25) is 0 Å². The Kier molecular flexibility index (Phi) is 3.28. The SMILES string of the molecule is C=CCc1cc(C)c(F)cc1N(C)C. The average Bonchev–Trinajstić information content (AvgIpc) is 2.11. The van der Waals surface area contributed by atoms with E-state index in [2.05, 4.69) is 6.58 Å². The third-order valence-electron chi connectivity index (χ3n) is 2.21. The van der Waals surface area contributed by atoms with Crippen molar-refractivity contribution in [2.75, 3.05) is 19.0 Å². The maximum atomic E-state index is 13.3. The van der Waals surface area contributed by atoms with Gasteiger partial charge >= 0.3 is 0 Å². The van der Waals surface area contributed by atoms with Crippen molar-refractivity contribution in [3.05, 3.63) is 41.7 Å². The van der Waals surface area contributed by atoms with Gasteiger partial charge in [0.1, 0.15) is 5.82 Å². The maximum absolute atomic E-state index is 13.3. The summed E-state index contributed by atoms with van der Waals surface area (Å²) in [5.74, 6) is -0.151. The Hall–Kier alpha value is -1.31. The van der Waals surface area contributed by atoms with E-state index in [1.807, 2.05) is 31.1 Å². The van der Waals surface area contributed by atoms with E-state index in [4.69, 9.17) is 0 Å². The van der Waals surface area contributed by atoms with E-state index >= 15 is 0 Å². The van der Waals surface area contributed by atoms with Crippen LogP contribution in [0.1, 0.15) is 11.1 Å². The number of hydrogen-bond donors (Lipinski definition) is 0. The van der Waals surface area contributed by atoms with E-state index < -0.39 is 0 Å². The monoisotopic (exact) mass is 193 g/mol. The molecule has 1 aromatic rings. The number of halogens is 1. The lowest BCUT2D eigenvalue weighted by Gasteiger charge is -2.17. The second kappa shape index (κ2) is 4.27. The highest BCUT2D eigenvalue weighted by Crippen LogP contribution is 2.23. The first-order valence-corrected chi connectivity index (χ1v) is 4.63. The molecule has 0 saturated carbocycles. The van der Waals surface area contributed by atoms with Crippen molar-refractivity contribution >= 4 is 5.69 Å². The Bertz CT molecular complexity index is 342. The molecule has 0 aliphatic heterocycles. The Balaban J connectivity index is 3.23. The van der Waals surface area contributed by atoms with E-state index in [9.17, 15) is 4.39 Å². The fraction of sp³-hybridized carbons (Fsp3) is 0.333. The number of aryl methyl sites for hydroxylation is 1. The molecule has 0 unspecified atom stereocenters. The van der Waals surface area contributed by atoms with Gasteiger partial charge in [0.15, 0.2) is 0 Å². The highest BCUT2D eigenvalue weighted by atomic mass is 19.1. The smallest absolute Gasteiger partial charge is 0.128 e. The molecule has 0 fully saturated rings. The predicted octanol–water partition coefficient (Wildman–Crippen LogP) is 2.93. The van der Waals surface area contributed by atoms with Gasteiger partial charge in [-0.15, -0.1) is 6.58 Å². The average molecular weight is 193 g/mol. The van der Waals surface area contributed by atoms with Crippen molar-refractivity contribution in [2.45, 2.75) is 13.3 Å². The van der Waals surface area contributed by atoms with Gasteiger partial charge in [-0.2, -0.15) is 0 Å². The Morgan fingerprint density at radius 3 is 2.57 bits per heavy atom. The minimum absolute atomic E-state index is 0.151. The van der Waals surface area contributed by atoms with Crippen molar-refractivity contribution in [3.63, 3.8) is 0 Å². The minimum Gasteiger partial charge on any atom is -0.377 e. The third kappa shape index (κ3) is 2.13. The maximum Gasteiger partial charge on any atom is 0.128 e. The molecule has 0 atom stereocenters. The van der Waals surface area contributed by atoms with Gasteiger partial charge in [0, 0.05) is 19.8 Å². The molecule has 2 heteroatoms. The molecule has 14 heavy (non-hydrogen) atoms. The predicted molar refractivity (Wildman–Crippen MR) is 59.4 cm³/mol. The standard InChI is InChI=1S/C12H16FN/c1-5-6-10-7-9(2)11(13)8-12(10)14(3)4/h5,7-8H,1,6H2,2-4H3. The summed E-state index contributed by atoms with van der Waals surface area (Å²) in [7, 11) is 3.83. The van der Waals surface area contributed by atoms with Crippen LogP contribution in [0.25, 0.3) is 0 Å². The highest BCUT2D eigenvalue weighted by Gasteiger charge is 2.07. The van der Waals surface area contributed by atoms with Gasteiger partial charge < -0.3 is 4.90 Å². The summed E-state index contributed by atoms with van der Waals surface area (Å²) in [4.78, 5) is 1.92. The second-order valence-corrected chi connectivity index (χ2v) is 3.62. The molecule has 0 heterocycles. The third-order valence-corrected chi connectivity index (χ3v) is 2.21. The zero-order valence-corrected chi connectivity index (χ0v) is 8.97. The summed E-state index contributed by atoms with van der Waals surface area (Å²) in [5.41, 5.74) is 2.73. The molecule has 0 spiro atoms. The van der Waals surface area contributed by atoms with Crippen molar-refractivity contribution < 1.29 is 4.39 Å². The van der Waals surface area contributed by atoms with Crippen LogP contribution in [0, 0.1) is 12.7 Å². The largest absolute Gasteiger partial charge is 0.377 e. The normalized spacial score (nSPS) is 10.0. The number of allylic oxidation sites excluding steroid dienone is 1. The summed E-state index contributed by atoms with van der Waals surface area (Å²) in [5, 5.41) is 0. The van der Waals surface area contributed by atoms with Crippen LogP contribution in [0.15, 0.2) is 24.8 Å². The van der Waals surface area contributed by atoms with Crippen LogP contribution in [0.3, 0.4) is 0 Å². The molecular formula is C12H16FN. The molecule has 0 aliphatic carbocycles. The lowest BCUT2D eigenvalue weighted by molar-refractivity contribution is 0.617. The van der Waals surface area contributed by atoms with Crippen molar-refractivity contribution in [3.8, 4) is 0 Å². The zero-order chi connectivity index (χ0) is 10.7. The van der Waals surface area contributed by atoms with E-state index in [1.54, 1.807) is 13.0 Å². The highest BCUT2D eigenvalue weighted by molar-refractivity contribution is 5.55. The lowest BCUT2D eigenvalue weighted by Crippen LogP contribution is -2.12. The second-order valence-electron chi connectivity index (χ2n) is 3.62. The van der Waals surface area contributed by atoms with Gasteiger partial charge in [-0.1, -0.05) is 12.1 Å². The topological polar surface area (TPSA) is 3.24 Å². The van der Waals surface area contributed by atoms with Crippen LogP contribution in [0.5, 0.6) is 0 Å². The van der Waals surface area contributed by atoms with E-state index in [0.717, 1.165) is 17.7 Å². The van der Waals surface area contributed by atoms with E-state index in [-0.39, 0.29) is 5.82 Å². The molecule has 0 N–H and O–H groups in total. The fourth-order valence-electron chi connectivity index (χ4n) is 1.47.